The van der Waals surface area contributed by atoms with Crippen LogP contribution < -0.4 is 34.5 Å². The molecule has 3 N–H and O–H groups in total. The Balaban J connectivity index is 1.40. The summed E-state index contributed by atoms with van der Waals surface area (Å²) in [6, 6.07) is 12.3. The van der Waals surface area contributed by atoms with Gasteiger partial charge in [-0.05, 0) is 36.6 Å². The highest BCUT2D eigenvalue weighted by atomic mass is 32.2. The Hall–Kier alpha value is -4.26. The Morgan fingerprint density at radius 2 is 1.80 bits per heavy atom. The zero-order valence-electron chi connectivity index (χ0n) is 22.9. The number of hydrogen-bond acceptors (Lipinski definition) is 10. The van der Waals surface area contributed by atoms with Gasteiger partial charge in [0.05, 0.1) is 33.5 Å². The number of rotatable bonds is 11. The molecule has 1 fully saturated rings. The molecule has 0 aliphatic carbocycles. The molecule has 12 nitrogen and oxygen atoms in total. The largest absolute Gasteiger partial charge is 0.493 e. The van der Waals surface area contributed by atoms with Gasteiger partial charge >= 0.3 is 0 Å². The number of carbonyl (C=O) groups excluding carboxylic acids is 1. The molecule has 1 atom stereocenters. The fourth-order valence-corrected chi connectivity index (χ4v) is 5.11. The van der Waals surface area contributed by atoms with E-state index < -0.39 is 10.0 Å². The summed E-state index contributed by atoms with van der Waals surface area (Å²) in [5, 5.41) is 6.17. The van der Waals surface area contributed by atoms with Crippen LogP contribution in [0.5, 0.6) is 17.2 Å². The molecule has 0 saturated carbocycles. The number of amides is 1. The predicted molar refractivity (Wildman–Crippen MR) is 153 cm³/mol. The van der Waals surface area contributed by atoms with Crippen molar-refractivity contribution in [2.24, 2.45) is 5.92 Å². The Morgan fingerprint density at radius 3 is 2.48 bits per heavy atom. The summed E-state index contributed by atoms with van der Waals surface area (Å²) in [5.41, 5.74) is 1.92. The van der Waals surface area contributed by atoms with Crippen molar-refractivity contribution in [3.8, 4) is 17.2 Å². The summed E-state index contributed by atoms with van der Waals surface area (Å²) in [6.45, 7) is 1.58. The summed E-state index contributed by atoms with van der Waals surface area (Å²) in [6.07, 6.45) is 4.37. The van der Waals surface area contributed by atoms with E-state index in [1.54, 1.807) is 57.9 Å². The zero-order valence-corrected chi connectivity index (χ0v) is 23.7. The van der Waals surface area contributed by atoms with Gasteiger partial charge in [0.15, 0.2) is 11.5 Å². The topological polar surface area (TPSA) is 144 Å². The van der Waals surface area contributed by atoms with Crippen LogP contribution >= 0.6 is 0 Å². The van der Waals surface area contributed by atoms with Crippen molar-refractivity contribution in [2.75, 3.05) is 55.6 Å². The zero-order chi connectivity index (χ0) is 28.7. The third-order valence-electron chi connectivity index (χ3n) is 6.37. The van der Waals surface area contributed by atoms with Crippen molar-refractivity contribution in [1.29, 1.82) is 0 Å². The van der Waals surface area contributed by atoms with Gasteiger partial charge < -0.3 is 29.7 Å². The fraction of sp³-hybridized carbons (Fsp3) is 0.370. The van der Waals surface area contributed by atoms with E-state index in [9.17, 15) is 13.2 Å². The van der Waals surface area contributed by atoms with Crippen molar-refractivity contribution in [3.63, 3.8) is 0 Å². The van der Waals surface area contributed by atoms with Gasteiger partial charge in [-0.25, -0.2) is 13.4 Å². The maximum Gasteiger partial charge on any atom is 0.229 e. The summed E-state index contributed by atoms with van der Waals surface area (Å²) in [7, 11) is 1.27. The lowest BCUT2D eigenvalue weighted by Crippen LogP contribution is -2.43. The number of sulfonamides is 1. The van der Waals surface area contributed by atoms with Crippen LogP contribution in [-0.4, -0.2) is 65.0 Å². The lowest BCUT2D eigenvalue weighted by atomic mass is 9.97. The standard InChI is InChI=1S/C27H34N6O6S/c1-37-22-14-21(15-23(38-2)25(22)39-3)30-27-28-11-10-24(31-27)33-12-6-8-19(17-33)26(34)29-16-18-7-5-9-20(13-18)32-40(4,35)36/h5,7,9-11,13-15,19,32H,6,8,12,16-17H2,1-4H3,(H,29,34)(H,28,30,31)/t19-/m0/s1. The van der Waals surface area contributed by atoms with Crippen molar-refractivity contribution >= 4 is 39.1 Å². The average Bonchev–Trinajstić information content (AvgIpc) is 2.94. The first-order valence-corrected chi connectivity index (χ1v) is 14.6. The molecule has 40 heavy (non-hydrogen) atoms. The summed E-state index contributed by atoms with van der Waals surface area (Å²) in [4.78, 5) is 24.1. The lowest BCUT2D eigenvalue weighted by molar-refractivity contribution is -0.125. The molecule has 1 saturated heterocycles. The molecule has 2 heterocycles. The van der Waals surface area contributed by atoms with Crippen LogP contribution in [0.15, 0.2) is 48.7 Å². The molecule has 1 aliphatic heterocycles. The molecule has 2 aromatic carbocycles. The normalized spacial score (nSPS) is 15.2. The molecular formula is C27H34N6O6S. The predicted octanol–water partition coefficient (Wildman–Crippen LogP) is 3.15. The molecule has 1 aromatic heterocycles. The number of benzene rings is 2. The van der Waals surface area contributed by atoms with E-state index in [0.29, 0.717) is 53.5 Å². The molecule has 0 radical (unpaired) electrons. The van der Waals surface area contributed by atoms with Crippen LogP contribution in [-0.2, 0) is 21.4 Å². The first kappa shape index (κ1) is 28.7. The molecule has 1 amide bonds. The molecule has 214 valence electrons. The van der Waals surface area contributed by atoms with Crippen LogP contribution in [0.4, 0.5) is 23.1 Å². The van der Waals surface area contributed by atoms with Gasteiger partial charge in [0.2, 0.25) is 27.6 Å². The van der Waals surface area contributed by atoms with E-state index >= 15 is 0 Å². The Kier molecular flexibility index (Phi) is 9.15. The van der Waals surface area contributed by atoms with Gasteiger partial charge in [-0.3, -0.25) is 9.52 Å². The second-order valence-corrected chi connectivity index (χ2v) is 11.1. The lowest BCUT2D eigenvalue weighted by Gasteiger charge is -2.33. The van der Waals surface area contributed by atoms with E-state index in [0.717, 1.165) is 31.2 Å². The van der Waals surface area contributed by atoms with Gasteiger partial charge in [-0.2, -0.15) is 4.98 Å². The maximum atomic E-state index is 13.0. The summed E-state index contributed by atoms with van der Waals surface area (Å²) in [5.74, 6) is 2.32. The highest BCUT2D eigenvalue weighted by molar-refractivity contribution is 7.92. The average molecular weight is 571 g/mol. The molecular weight excluding hydrogens is 536 g/mol. The van der Waals surface area contributed by atoms with E-state index in [4.69, 9.17) is 14.2 Å². The molecule has 4 rings (SSSR count). The van der Waals surface area contributed by atoms with Crippen molar-refractivity contribution in [2.45, 2.75) is 19.4 Å². The van der Waals surface area contributed by atoms with Gasteiger partial charge in [0, 0.05) is 49.3 Å². The van der Waals surface area contributed by atoms with Crippen molar-refractivity contribution in [1.82, 2.24) is 15.3 Å². The van der Waals surface area contributed by atoms with Gasteiger partial charge in [0.1, 0.15) is 5.82 Å². The molecule has 0 spiro atoms. The van der Waals surface area contributed by atoms with E-state index in [2.05, 4.69) is 30.2 Å². The highest BCUT2D eigenvalue weighted by Gasteiger charge is 2.27. The second kappa shape index (κ2) is 12.7. The van der Waals surface area contributed by atoms with E-state index in [1.165, 1.54) is 0 Å². The fourth-order valence-electron chi connectivity index (χ4n) is 4.56. The van der Waals surface area contributed by atoms with E-state index in [1.807, 2.05) is 12.1 Å². The van der Waals surface area contributed by atoms with Gasteiger partial charge in [-0.1, -0.05) is 12.1 Å². The van der Waals surface area contributed by atoms with Crippen LogP contribution in [0.25, 0.3) is 0 Å². The molecule has 3 aromatic rings. The van der Waals surface area contributed by atoms with Gasteiger partial charge in [0.25, 0.3) is 0 Å². The number of nitrogens with zero attached hydrogens (tertiary/aromatic N) is 3. The minimum Gasteiger partial charge on any atom is -0.493 e. The minimum absolute atomic E-state index is 0.0593. The van der Waals surface area contributed by atoms with Gasteiger partial charge in [-0.15, -0.1) is 0 Å². The molecule has 0 bridgehead atoms. The number of methoxy groups -OCH3 is 3. The Bertz CT molecular complexity index is 1430. The maximum absolute atomic E-state index is 13.0. The number of hydrogen-bond donors (Lipinski definition) is 3. The third-order valence-corrected chi connectivity index (χ3v) is 6.98. The molecule has 13 heteroatoms. The summed E-state index contributed by atoms with van der Waals surface area (Å²) >= 11 is 0. The third kappa shape index (κ3) is 7.44. The number of anilines is 4. The molecule has 0 unspecified atom stereocenters. The van der Waals surface area contributed by atoms with Crippen LogP contribution in [0, 0.1) is 5.92 Å². The smallest absolute Gasteiger partial charge is 0.229 e. The van der Waals surface area contributed by atoms with Crippen molar-refractivity contribution < 1.29 is 27.4 Å². The second-order valence-electron chi connectivity index (χ2n) is 9.36. The van der Waals surface area contributed by atoms with Crippen molar-refractivity contribution in [3.05, 3.63) is 54.2 Å². The minimum atomic E-state index is -3.38. The first-order valence-electron chi connectivity index (χ1n) is 12.7. The molecule has 1 aliphatic rings. The number of carbonyl (C=O) groups is 1. The monoisotopic (exact) mass is 570 g/mol. The Morgan fingerprint density at radius 1 is 1.05 bits per heavy atom. The number of nitrogens with one attached hydrogen (secondary N) is 3. The number of piperidine rings is 1. The van der Waals surface area contributed by atoms with Crippen LogP contribution in [0.3, 0.4) is 0 Å². The van der Waals surface area contributed by atoms with Crippen LogP contribution in [0.1, 0.15) is 18.4 Å². The van der Waals surface area contributed by atoms with Crippen LogP contribution in [0.2, 0.25) is 0 Å². The first-order chi connectivity index (χ1) is 19.2. The summed E-state index contributed by atoms with van der Waals surface area (Å²) < 4.78 is 41.7. The van der Waals surface area contributed by atoms with E-state index in [-0.39, 0.29) is 11.8 Å². The number of aromatic nitrogens is 2. The number of ether oxygens (including phenoxy) is 3. The SMILES string of the molecule is COc1cc(Nc2nccc(N3CCC[C@H](C(=O)NCc4cccc(NS(C)(=O)=O)c4)C3)n2)cc(OC)c1OC. The quantitative estimate of drug-likeness (QED) is 0.314. The highest BCUT2D eigenvalue weighted by Crippen LogP contribution is 2.40. The Labute approximate surface area is 234 Å².